The van der Waals surface area contributed by atoms with Crippen molar-refractivity contribution in [2.45, 2.75) is 44.6 Å². The number of carbonyl (C=O) groups is 1. The number of rotatable bonds is 10. The Bertz CT molecular complexity index is 1690. The van der Waals surface area contributed by atoms with Crippen LogP contribution in [0.2, 0.25) is 5.02 Å². The Kier molecular flexibility index (Phi) is 9.67. The summed E-state index contributed by atoms with van der Waals surface area (Å²) < 4.78 is 24.2. The van der Waals surface area contributed by atoms with Crippen molar-refractivity contribution in [1.29, 1.82) is 0 Å². The summed E-state index contributed by atoms with van der Waals surface area (Å²) in [6.45, 7) is 4.13. The van der Waals surface area contributed by atoms with Crippen molar-refractivity contribution in [2.75, 3.05) is 63.1 Å². The van der Waals surface area contributed by atoms with E-state index in [4.69, 9.17) is 36.3 Å². The summed E-state index contributed by atoms with van der Waals surface area (Å²) >= 11 is 6.63. The number of imidazole rings is 1. The lowest BCUT2D eigenvalue weighted by Crippen LogP contribution is -2.52. The molecule has 2 aliphatic rings. The topological polar surface area (TPSA) is 129 Å². The van der Waals surface area contributed by atoms with Gasteiger partial charge in [-0.1, -0.05) is 11.6 Å². The highest BCUT2D eigenvalue weighted by atomic mass is 35.5. The summed E-state index contributed by atoms with van der Waals surface area (Å²) in [6.07, 6.45) is 5.56. The van der Waals surface area contributed by atoms with E-state index >= 15 is 0 Å². The predicted octanol–water partition coefficient (Wildman–Crippen LogP) is 4.85. The number of nitrogen functional groups attached to an aromatic ring is 1. The van der Waals surface area contributed by atoms with Gasteiger partial charge < -0.3 is 39.8 Å². The smallest absolute Gasteiger partial charge is 0.328 e. The Balaban J connectivity index is 1.11. The quantitative estimate of drug-likeness (QED) is 0.230. The number of carbonyl (C=O) groups excluding carboxylic acids is 1. The Morgan fingerprint density at radius 3 is 2.78 bits per heavy atom. The van der Waals surface area contributed by atoms with Crippen LogP contribution in [0.15, 0.2) is 48.9 Å². The highest BCUT2D eigenvalue weighted by molar-refractivity contribution is 6.34. The Morgan fingerprint density at radius 2 is 2.00 bits per heavy atom. The fourth-order valence-electron chi connectivity index (χ4n) is 5.99. The van der Waals surface area contributed by atoms with Crippen molar-refractivity contribution in [2.24, 2.45) is 0 Å². The van der Waals surface area contributed by atoms with Crippen LogP contribution in [0.3, 0.4) is 0 Å². The third-order valence-electron chi connectivity index (χ3n) is 8.57. The number of halogens is 1. The average Bonchev–Trinajstić information content (AvgIpc) is 3.27. The largest absolute Gasteiger partial charge is 0.497 e. The first-order chi connectivity index (χ1) is 22.3. The van der Waals surface area contributed by atoms with Gasteiger partial charge in [-0.25, -0.2) is 19.3 Å². The van der Waals surface area contributed by atoms with E-state index in [1.807, 2.05) is 42.3 Å². The molecule has 12 nitrogen and oxygen atoms in total. The first-order valence-electron chi connectivity index (χ1n) is 15.4. The number of pyridine rings is 1. The third kappa shape index (κ3) is 6.79. The molecule has 244 valence electrons. The zero-order chi connectivity index (χ0) is 32.2. The zero-order valence-electron chi connectivity index (χ0n) is 26.4. The second kappa shape index (κ2) is 14.0. The van der Waals surface area contributed by atoms with Gasteiger partial charge in [0.1, 0.15) is 23.3 Å². The monoisotopic (exact) mass is 649 g/mol. The van der Waals surface area contributed by atoms with Crippen molar-refractivity contribution < 1.29 is 23.7 Å². The summed E-state index contributed by atoms with van der Waals surface area (Å²) in [4.78, 5) is 26.7. The predicted molar refractivity (Wildman–Crippen MR) is 178 cm³/mol. The maximum Gasteiger partial charge on any atom is 0.328 e. The normalized spacial score (nSPS) is 18.1. The van der Waals surface area contributed by atoms with Crippen LogP contribution < -0.4 is 30.3 Å². The van der Waals surface area contributed by atoms with Crippen molar-refractivity contribution in [1.82, 2.24) is 19.9 Å². The number of hydrogen-bond donors (Lipinski definition) is 2. The molecule has 1 aliphatic heterocycles. The number of benzene rings is 2. The van der Waals surface area contributed by atoms with Gasteiger partial charge in [-0.15, -0.1) is 0 Å². The SMILES string of the molecule is COc1ccc(CN(C)c2c(Cl)cnc3c2ncn3C(=O)N[C@@H]2CC[C@H]2OCc2cc(N)cc(N3CCCOCC3)c2)c(OC)c1. The Morgan fingerprint density at radius 1 is 1.13 bits per heavy atom. The zero-order valence-corrected chi connectivity index (χ0v) is 27.1. The van der Waals surface area contributed by atoms with E-state index in [1.165, 1.54) is 10.9 Å². The highest BCUT2D eigenvalue weighted by Gasteiger charge is 2.34. The van der Waals surface area contributed by atoms with Gasteiger partial charge in [0.25, 0.3) is 0 Å². The van der Waals surface area contributed by atoms with E-state index in [1.54, 1.807) is 20.4 Å². The summed E-state index contributed by atoms with van der Waals surface area (Å²) in [5, 5.41) is 3.53. The van der Waals surface area contributed by atoms with Crippen molar-refractivity contribution in [3.63, 3.8) is 0 Å². The molecule has 3 heterocycles. The number of nitrogens with zero attached hydrogens (tertiary/aromatic N) is 5. The van der Waals surface area contributed by atoms with Crippen molar-refractivity contribution in [3.05, 3.63) is 65.1 Å². The first kappa shape index (κ1) is 31.7. The summed E-state index contributed by atoms with van der Waals surface area (Å²) in [5.41, 5.74) is 11.6. The molecular formula is C33H40ClN7O5. The summed E-state index contributed by atoms with van der Waals surface area (Å²) in [7, 11) is 5.14. The molecule has 3 N–H and O–H groups in total. The van der Waals surface area contributed by atoms with E-state index in [-0.39, 0.29) is 18.2 Å². The molecule has 4 aromatic rings. The number of fused-ring (bicyclic) bond motifs is 1. The summed E-state index contributed by atoms with van der Waals surface area (Å²) in [6, 6.07) is 11.3. The fraction of sp³-hybridized carbons (Fsp3) is 0.424. The molecule has 0 unspecified atom stereocenters. The number of hydrogen-bond acceptors (Lipinski definition) is 10. The number of aromatic nitrogens is 3. The van der Waals surface area contributed by atoms with Crippen LogP contribution in [0.4, 0.5) is 21.9 Å². The highest BCUT2D eigenvalue weighted by Crippen LogP contribution is 2.34. The van der Waals surface area contributed by atoms with Crippen LogP contribution in [0, 0.1) is 0 Å². The minimum Gasteiger partial charge on any atom is -0.497 e. The number of ether oxygens (including phenoxy) is 4. The molecule has 0 spiro atoms. The lowest BCUT2D eigenvalue weighted by molar-refractivity contribution is -0.0323. The van der Waals surface area contributed by atoms with E-state index in [0.717, 1.165) is 55.8 Å². The van der Waals surface area contributed by atoms with Crippen LogP contribution in [0.1, 0.15) is 30.4 Å². The van der Waals surface area contributed by atoms with Gasteiger partial charge in [0, 0.05) is 56.3 Å². The van der Waals surface area contributed by atoms with Crippen molar-refractivity contribution >= 4 is 45.9 Å². The van der Waals surface area contributed by atoms with Crippen LogP contribution in [0.25, 0.3) is 11.2 Å². The molecule has 2 atom stereocenters. The fourth-order valence-corrected chi connectivity index (χ4v) is 6.27. The molecule has 6 rings (SSSR count). The van der Waals surface area contributed by atoms with Gasteiger partial charge in [0.05, 0.1) is 56.5 Å². The third-order valence-corrected chi connectivity index (χ3v) is 8.84. The van der Waals surface area contributed by atoms with Gasteiger partial charge in [0.2, 0.25) is 0 Å². The van der Waals surface area contributed by atoms with Gasteiger partial charge >= 0.3 is 6.03 Å². The lowest BCUT2D eigenvalue weighted by Gasteiger charge is -2.36. The van der Waals surface area contributed by atoms with E-state index in [2.05, 4.69) is 26.3 Å². The molecule has 2 aromatic heterocycles. The van der Waals surface area contributed by atoms with Crippen LogP contribution >= 0.6 is 11.6 Å². The molecule has 1 amide bonds. The van der Waals surface area contributed by atoms with Crippen LogP contribution in [-0.2, 0) is 22.6 Å². The molecule has 1 saturated heterocycles. The molecule has 1 aliphatic carbocycles. The molecule has 1 saturated carbocycles. The van der Waals surface area contributed by atoms with Gasteiger partial charge in [-0.2, -0.15) is 0 Å². The Labute approximate surface area is 273 Å². The maximum absolute atomic E-state index is 13.4. The second-order valence-corrected chi connectivity index (χ2v) is 12.1. The number of nitrogens with two attached hydrogens (primary N) is 1. The number of anilines is 3. The summed E-state index contributed by atoms with van der Waals surface area (Å²) in [5.74, 6) is 1.40. The number of amides is 1. The van der Waals surface area contributed by atoms with Crippen LogP contribution in [-0.4, -0.2) is 80.3 Å². The van der Waals surface area contributed by atoms with Gasteiger partial charge in [-0.05, 0) is 55.2 Å². The molecule has 46 heavy (non-hydrogen) atoms. The van der Waals surface area contributed by atoms with Crippen molar-refractivity contribution in [3.8, 4) is 11.5 Å². The molecule has 0 radical (unpaired) electrons. The minimum absolute atomic E-state index is 0.112. The first-order valence-corrected chi connectivity index (χ1v) is 15.8. The van der Waals surface area contributed by atoms with Crippen LogP contribution in [0.5, 0.6) is 11.5 Å². The minimum atomic E-state index is -0.323. The standard InChI is InChI=1S/C33H40ClN7O5/c1-39(18-22-5-6-25(43-2)16-29(22)44-3)31-26(34)17-36-32-30(31)37-20-41(32)33(42)38-27-7-8-28(27)46-19-21-13-23(35)15-24(14-21)40-9-4-11-45-12-10-40/h5-6,13-17,20,27-28H,4,7-12,18-19,35H2,1-3H3,(H,38,42)/t27-,28-/m1/s1. The number of methoxy groups -OCH3 is 2. The molecule has 2 aromatic carbocycles. The average molecular weight is 650 g/mol. The lowest BCUT2D eigenvalue weighted by atomic mass is 9.89. The van der Waals surface area contributed by atoms with E-state index in [9.17, 15) is 4.79 Å². The molecule has 2 fully saturated rings. The molecule has 13 heteroatoms. The molecular weight excluding hydrogens is 610 g/mol. The van der Waals surface area contributed by atoms with E-state index in [0.29, 0.717) is 58.8 Å². The number of nitrogens with one attached hydrogen (secondary N) is 1. The maximum atomic E-state index is 13.4. The van der Waals surface area contributed by atoms with Gasteiger partial charge in [0.15, 0.2) is 5.65 Å². The second-order valence-electron chi connectivity index (χ2n) is 11.6. The Hall–Kier alpha value is -4.26. The van der Waals surface area contributed by atoms with E-state index < -0.39 is 0 Å². The molecule has 0 bridgehead atoms. The van der Waals surface area contributed by atoms with Gasteiger partial charge in [-0.3, -0.25) is 0 Å².